The molecule has 0 fully saturated rings. The molecule has 62 heavy (non-hydrogen) atoms. The summed E-state index contributed by atoms with van der Waals surface area (Å²) in [5.41, 5.74) is 19.4. The molecule has 2 aliphatic carbocycles. The molecule has 11 aromatic rings. The molecule has 0 N–H and O–H groups in total. The molecular weight excluding hydrogens is 753 g/mol. The minimum atomic E-state index is -0.557. The third-order valence-electron chi connectivity index (χ3n) is 13.7. The Morgan fingerprint density at radius 2 is 1.05 bits per heavy atom. The van der Waals surface area contributed by atoms with E-state index in [4.69, 9.17) is 4.42 Å². The Labute approximate surface area is 360 Å². The number of nitrogens with zero attached hydrogens (tertiary/aromatic N) is 2. The summed E-state index contributed by atoms with van der Waals surface area (Å²) in [5, 5.41) is 4.61. The molecule has 9 aromatic carbocycles. The van der Waals surface area contributed by atoms with E-state index >= 15 is 0 Å². The Bertz CT molecular complexity index is 3570. The zero-order valence-electron chi connectivity index (χ0n) is 34.9. The summed E-state index contributed by atoms with van der Waals surface area (Å²) in [6.45, 7) is 6.86. The third-order valence-corrected chi connectivity index (χ3v) is 13.7. The zero-order valence-corrected chi connectivity index (χ0v) is 34.9. The van der Waals surface area contributed by atoms with Crippen molar-refractivity contribution >= 4 is 60.8 Å². The van der Waals surface area contributed by atoms with Crippen molar-refractivity contribution in [3.63, 3.8) is 0 Å². The van der Waals surface area contributed by atoms with Gasteiger partial charge in [0.25, 0.3) is 0 Å². The van der Waals surface area contributed by atoms with E-state index < -0.39 is 5.41 Å². The van der Waals surface area contributed by atoms with Gasteiger partial charge in [0, 0.05) is 33.1 Å². The van der Waals surface area contributed by atoms with Crippen LogP contribution in [0.3, 0.4) is 0 Å². The first kappa shape index (κ1) is 35.2. The van der Waals surface area contributed by atoms with Crippen molar-refractivity contribution in [3.05, 3.63) is 228 Å². The lowest BCUT2D eigenvalue weighted by molar-refractivity contribution is 0.590. The molecule has 2 aromatic heterocycles. The average Bonchev–Trinajstić information content (AvgIpc) is 4.03. The topological polar surface area (TPSA) is 21.3 Å². The van der Waals surface area contributed by atoms with Crippen molar-refractivity contribution in [2.75, 3.05) is 4.90 Å². The van der Waals surface area contributed by atoms with E-state index in [0.717, 1.165) is 50.2 Å². The SMILES string of the molecule is CC(C)(C)c1ccc(N(c2cc3c(c4oc5ccccc5c24)-c2ccccc2C32c3ccccc3-c3ccccc32)c2cccc3c2c2ccccc2n3-c2ccccc2)cc1. The number of benzene rings is 9. The van der Waals surface area contributed by atoms with Crippen LogP contribution in [0, 0.1) is 0 Å². The molecule has 0 aliphatic heterocycles. The summed E-state index contributed by atoms with van der Waals surface area (Å²) >= 11 is 0. The lowest BCUT2D eigenvalue weighted by atomic mass is 9.70. The van der Waals surface area contributed by atoms with E-state index in [0.29, 0.717) is 0 Å². The van der Waals surface area contributed by atoms with Crippen molar-refractivity contribution in [2.45, 2.75) is 31.6 Å². The van der Waals surface area contributed by atoms with Crippen LogP contribution in [0.4, 0.5) is 17.1 Å². The maximum atomic E-state index is 7.25. The van der Waals surface area contributed by atoms with Crippen LogP contribution in [0.2, 0.25) is 0 Å². The van der Waals surface area contributed by atoms with E-state index in [1.165, 1.54) is 66.4 Å². The molecule has 13 rings (SSSR count). The first-order valence-corrected chi connectivity index (χ1v) is 21.7. The summed E-state index contributed by atoms with van der Waals surface area (Å²) in [6.07, 6.45) is 0. The molecule has 2 aliphatic rings. The first-order chi connectivity index (χ1) is 30.4. The second-order valence-corrected chi connectivity index (χ2v) is 18.0. The molecule has 3 heteroatoms. The Balaban J connectivity index is 1.21. The van der Waals surface area contributed by atoms with Crippen molar-refractivity contribution in [2.24, 2.45) is 0 Å². The second-order valence-electron chi connectivity index (χ2n) is 18.0. The van der Waals surface area contributed by atoms with Gasteiger partial charge in [-0.1, -0.05) is 166 Å². The lowest BCUT2D eigenvalue weighted by Gasteiger charge is -2.33. The summed E-state index contributed by atoms with van der Waals surface area (Å²) in [5.74, 6) is 0. The number of hydrogen-bond donors (Lipinski definition) is 0. The third kappa shape index (κ3) is 4.60. The smallest absolute Gasteiger partial charge is 0.145 e. The van der Waals surface area contributed by atoms with Gasteiger partial charge in [0.15, 0.2) is 0 Å². The van der Waals surface area contributed by atoms with Crippen LogP contribution in [0.15, 0.2) is 205 Å². The molecule has 1 spiro atoms. The minimum absolute atomic E-state index is 0.00448. The highest BCUT2D eigenvalue weighted by molar-refractivity contribution is 6.22. The van der Waals surface area contributed by atoms with Gasteiger partial charge in [-0.15, -0.1) is 0 Å². The number of anilines is 3. The van der Waals surface area contributed by atoms with Crippen LogP contribution in [-0.2, 0) is 10.8 Å². The van der Waals surface area contributed by atoms with E-state index in [1.807, 2.05) is 0 Å². The predicted molar refractivity (Wildman–Crippen MR) is 258 cm³/mol. The maximum absolute atomic E-state index is 7.25. The summed E-state index contributed by atoms with van der Waals surface area (Å²) in [7, 11) is 0. The number of furan rings is 1. The highest BCUT2D eigenvalue weighted by atomic mass is 16.3. The van der Waals surface area contributed by atoms with Crippen LogP contribution in [0.5, 0.6) is 0 Å². The van der Waals surface area contributed by atoms with Gasteiger partial charge in [-0.25, -0.2) is 0 Å². The predicted octanol–water partition coefficient (Wildman–Crippen LogP) is 15.8. The van der Waals surface area contributed by atoms with Crippen LogP contribution in [0.1, 0.15) is 48.6 Å². The quantitative estimate of drug-likeness (QED) is 0.177. The van der Waals surface area contributed by atoms with Crippen molar-refractivity contribution in [1.82, 2.24) is 4.57 Å². The Kier molecular flexibility index (Phi) is 7.20. The number of fused-ring (bicyclic) bond motifs is 17. The Morgan fingerprint density at radius 3 is 1.76 bits per heavy atom. The van der Waals surface area contributed by atoms with Gasteiger partial charge in [-0.2, -0.15) is 0 Å². The molecule has 294 valence electrons. The Morgan fingerprint density at radius 1 is 0.468 bits per heavy atom. The first-order valence-electron chi connectivity index (χ1n) is 21.7. The summed E-state index contributed by atoms with van der Waals surface area (Å²) in [4.78, 5) is 2.53. The van der Waals surface area contributed by atoms with Gasteiger partial charge in [-0.3, -0.25) is 0 Å². The van der Waals surface area contributed by atoms with Crippen LogP contribution in [0.25, 0.3) is 71.7 Å². The highest BCUT2D eigenvalue weighted by Gasteiger charge is 2.53. The average molecular weight is 795 g/mol. The van der Waals surface area contributed by atoms with E-state index in [1.54, 1.807) is 0 Å². The maximum Gasteiger partial charge on any atom is 0.145 e. The Hall–Kier alpha value is -7.62. The fraction of sp³-hybridized carbons (Fsp3) is 0.0847. The highest BCUT2D eigenvalue weighted by Crippen LogP contribution is 2.65. The molecule has 0 saturated carbocycles. The van der Waals surface area contributed by atoms with Crippen LogP contribution >= 0.6 is 0 Å². The number of rotatable bonds is 4. The molecule has 0 unspecified atom stereocenters. The second kappa shape index (κ2) is 12.7. The van der Waals surface area contributed by atoms with E-state index in [2.05, 4.69) is 230 Å². The van der Waals surface area contributed by atoms with E-state index in [9.17, 15) is 0 Å². The lowest BCUT2D eigenvalue weighted by Crippen LogP contribution is -2.26. The van der Waals surface area contributed by atoms with Gasteiger partial charge in [0.2, 0.25) is 0 Å². The normalized spacial score (nSPS) is 13.5. The van der Waals surface area contributed by atoms with Crippen LogP contribution in [-0.4, -0.2) is 4.57 Å². The monoisotopic (exact) mass is 794 g/mol. The molecule has 0 amide bonds. The molecule has 0 radical (unpaired) electrons. The van der Waals surface area contributed by atoms with Gasteiger partial charge in [0.1, 0.15) is 11.2 Å². The zero-order chi connectivity index (χ0) is 41.3. The standard InChI is InChI=1S/C59H42N2O/c1-58(2,3)37-32-34-39(35-33-37)61(51-30-17-29-50-55(51)43-23-10-15-28-49(43)60(50)38-18-5-4-6-19-38)52-36-48-54(57-56(52)44-24-11-16-31-53(44)62-57)42-22-9-14-27-47(42)59(48)45-25-12-7-20-40(45)41-21-8-13-26-46(41)59/h4-36H,1-3H3. The number of para-hydroxylation sites is 3. The van der Waals surface area contributed by atoms with E-state index in [-0.39, 0.29) is 5.41 Å². The fourth-order valence-corrected chi connectivity index (χ4v) is 11.2. The van der Waals surface area contributed by atoms with Gasteiger partial charge < -0.3 is 13.9 Å². The van der Waals surface area contributed by atoms with Crippen LogP contribution < -0.4 is 4.90 Å². The van der Waals surface area contributed by atoms with Crippen molar-refractivity contribution < 1.29 is 4.42 Å². The number of hydrogen-bond acceptors (Lipinski definition) is 2. The molecule has 0 saturated heterocycles. The molecule has 0 bridgehead atoms. The molecule has 2 heterocycles. The fourth-order valence-electron chi connectivity index (χ4n) is 11.2. The summed E-state index contributed by atoms with van der Waals surface area (Å²) < 4.78 is 9.66. The van der Waals surface area contributed by atoms with Gasteiger partial charge >= 0.3 is 0 Å². The van der Waals surface area contributed by atoms with Crippen molar-refractivity contribution in [1.29, 1.82) is 0 Å². The largest absolute Gasteiger partial charge is 0.455 e. The molecular formula is C59H42N2O. The van der Waals surface area contributed by atoms with Gasteiger partial charge in [0.05, 0.1) is 33.2 Å². The minimum Gasteiger partial charge on any atom is -0.455 e. The summed E-state index contributed by atoms with van der Waals surface area (Å²) in [6, 6.07) is 74.0. The number of aromatic nitrogens is 1. The van der Waals surface area contributed by atoms with Gasteiger partial charge in [-0.05, 0) is 105 Å². The molecule has 3 nitrogen and oxygen atoms in total. The molecule has 0 atom stereocenters. The van der Waals surface area contributed by atoms with Crippen molar-refractivity contribution in [3.8, 4) is 27.9 Å².